The lowest BCUT2D eigenvalue weighted by molar-refractivity contribution is 0.0553. The zero-order chi connectivity index (χ0) is 22.6. The highest BCUT2D eigenvalue weighted by molar-refractivity contribution is 5.39. The highest BCUT2D eigenvalue weighted by Gasteiger charge is 2.28. The van der Waals surface area contributed by atoms with Crippen molar-refractivity contribution < 1.29 is 20.1 Å². The molecule has 4 nitrogen and oxygen atoms in total. The summed E-state index contributed by atoms with van der Waals surface area (Å²) in [5, 5.41) is 30.0. The molecule has 0 radical (unpaired) electrons. The molecular weight excluding hydrogens is 388 g/mol. The average Bonchev–Trinajstić information content (AvgIpc) is 2.70. The first-order chi connectivity index (χ1) is 14.6. The first-order valence-electron chi connectivity index (χ1n) is 11.5. The van der Waals surface area contributed by atoms with Gasteiger partial charge in [-0.2, -0.15) is 0 Å². The van der Waals surface area contributed by atoms with E-state index >= 15 is 0 Å². The molecule has 0 saturated heterocycles. The van der Waals surface area contributed by atoms with E-state index in [0.29, 0.717) is 37.7 Å². The van der Waals surface area contributed by atoms with E-state index in [0.717, 1.165) is 36.2 Å². The van der Waals surface area contributed by atoms with Crippen molar-refractivity contribution in [1.82, 2.24) is 0 Å². The minimum absolute atomic E-state index is 0.374. The van der Waals surface area contributed by atoms with Gasteiger partial charge in [0.15, 0.2) is 0 Å². The maximum atomic E-state index is 10.1. The van der Waals surface area contributed by atoms with Crippen molar-refractivity contribution in [3.8, 4) is 5.75 Å². The number of aliphatic hydroxyl groups is 3. The molecular formula is C27H38O4. The van der Waals surface area contributed by atoms with Gasteiger partial charge in [-0.3, -0.25) is 0 Å². The van der Waals surface area contributed by atoms with E-state index in [-0.39, 0.29) is 0 Å². The van der Waals surface area contributed by atoms with Crippen molar-refractivity contribution in [2.45, 2.75) is 83.0 Å². The molecule has 2 aliphatic carbocycles. The van der Waals surface area contributed by atoms with Gasteiger partial charge in [0.1, 0.15) is 5.75 Å². The standard InChI is InChI=1S/C27H38O4/c1-18-20(11-12-21-15-23(28)17-26(29)19(21)2)7-6-10-25(18)22-8-5-9-24(16-22)31-14-13-27(3,4)30/h5,8-9,11-12,16,18,23,25-26,28-30H,2,6-7,10,13-15,17H2,1,3-4H3/b20-11+,21-12-/t18-,23+,25-,26-/m0/s1. The van der Waals surface area contributed by atoms with Gasteiger partial charge in [0.05, 0.1) is 24.4 Å². The summed E-state index contributed by atoms with van der Waals surface area (Å²) in [6.45, 7) is 10.4. The quantitative estimate of drug-likeness (QED) is 0.595. The fourth-order valence-corrected chi connectivity index (χ4v) is 4.67. The molecule has 4 atom stereocenters. The third kappa shape index (κ3) is 6.55. The summed E-state index contributed by atoms with van der Waals surface area (Å²) in [6.07, 6.45) is 7.97. The van der Waals surface area contributed by atoms with E-state index in [1.165, 1.54) is 11.1 Å². The maximum Gasteiger partial charge on any atom is 0.119 e. The Bertz CT molecular complexity index is 830. The first kappa shape index (κ1) is 23.8. The van der Waals surface area contributed by atoms with Crippen molar-refractivity contribution in [2.75, 3.05) is 6.61 Å². The van der Waals surface area contributed by atoms with Gasteiger partial charge in [-0.15, -0.1) is 0 Å². The van der Waals surface area contributed by atoms with Gasteiger partial charge >= 0.3 is 0 Å². The number of ether oxygens (including phenoxy) is 1. The van der Waals surface area contributed by atoms with Crippen LogP contribution in [0.1, 0.15) is 70.8 Å². The van der Waals surface area contributed by atoms with Crippen LogP contribution in [0.3, 0.4) is 0 Å². The Hall–Kier alpha value is -1.88. The fraction of sp³-hybridized carbons (Fsp3) is 0.556. The minimum atomic E-state index is -0.723. The van der Waals surface area contributed by atoms with Gasteiger partial charge in [0.25, 0.3) is 0 Å². The highest BCUT2D eigenvalue weighted by atomic mass is 16.5. The molecule has 0 aromatic heterocycles. The molecule has 2 aliphatic rings. The molecule has 2 saturated carbocycles. The van der Waals surface area contributed by atoms with Crippen LogP contribution in [-0.2, 0) is 0 Å². The van der Waals surface area contributed by atoms with Crippen LogP contribution >= 0.6 is 0 Å². The van der Waals surface area contributed by atoms with Crippen LogP contribution in [0.4, 0.5) is 0 Å². The molecule has 1 aromatic rings. The van der Waals surface area contributed by atoms with Gasteiger partial charge in [-0.1, -0.05) is 43.4 Å². The second-order valence-corrected chi connectivity index (χ2v) is 9.84. The summed E-state index contributed by atoms with van der Waals surface area (Å²) in [6, 6.07) is 8.35. The third-order valence-electron chi connectivity index (χ3n) is 6.70. The Kier molecular flexibility index (Phi) is 7.79. The first-order valence-corrected chi connectivity index (χ1v) is 11.5. The van der Waals surface area contributed by atoms with Crippen LogP contribution in [-0.4, -0.2) is 39.7 Å². The Morgan fingerprint density at radius 3 is 2.74 bits per heavy atom. The Balaban J connectivity index is 1.71. The number of benzene rings is 1. The molecule has 0 bridgehead atoms. The summed E-state index contributed by atoms with van der Waals surface area (Å²) in [5.41, 5.74) is 3.66. The van der Waals surface area contributed by atoms with E-state index < -0.39 is 17.8 Å². The van der Waals surface area contributed by atoms with Gasteiger partial charge in [-0.25, -0.2) is 0 Å². The number of allylic oxidation sites excluding steroid dienone is 3. The van der Waals surface area contributed by atoms with Crippen LogP contribution in [0.5, 0.6) is 5.75 Å². The minimum Gasteiger partial charge on any atom is -0.493 e. The molecule has 0 aliphatic heterocycles. The van der Waals surface area contributed by atoms with Crippen LogP contribution < -0.4 is 4.74 Å². The van der Waals surface area contributed by atoms with Crippen LogP contribution in [0, 0.1) is 5.92 Å². The monoisotopic (exact) mass is 426 g/mol. The van der Waals surface area contributed by atoms with E-state index in [1.54, 1.807) is 13.8 Å². The SMILES string of the molecule is C=C1/C(=C\C=C2/CCC[C@H](c3cccc(OCCC(C)(C)O)c3)[C@H]2C)C[C@@H](O)C[C@@H]1O. The lowest BCUT2D eigenvalue weighted by Gasteiger charge is -2.32. The summed E-state index contributed by atoms with van der Waals surface area (Å²) in [5.74, 6) is 1.69. The number of hydrogen-bond acceptors (Lipinski definition) is 4. The molecule has 4 heteroatoms. The van der Waals surface area contributed by atoms with Crippen molar-refractivity contribution in [2.24, 2.45) is 5.92 Å². The highest BCUT2D eigenvalue weighted by Crippen LogP contribution is 2.42. The van der Waals surface area contributed by atoms with Crippen molar-refractivity contribution in [3.05, 3.63) is 65.3 Å². The number of hydrogen-bond donors (Lipinski definition) is 3. The Morgan fingerprint density at radius 1 is 1.23 bits per heavy atom. The molecule has 170 valence electrons. The van der Waals surface area contributed by atoms with Crippen LogP contribution in [0.2, 0.25) is 0 Å². The third-order valence-corrected chi connectivity index (χ3v) is 6.70. The van der Waals surface area contributed by atoms with Gasteiger partial charge in [-0.05, 0) is 80.2 Å². The Labute approximate surface area is 187 Å². The average molecular weight is 427 g/mol. The normalized spacial score (nSPS) is 30.1. The Morgan fingerprint density at radius 2 is 2.00 bits per heavy atom. The maximum absolute atomic E-state index is 10.1. The number of rotatable bonds is 6. The van der Waals surface area contributed by atoms with E-state index in [1.807, 2.05) is 6.07 Å². The molecule has 0 unspecified atom stereocenters. The molecule has 0 heterocycles. The van der Waals surface area contributed by atoms with E-state index in [4.69, 9.17) is 4.74 Å². The molecule has 2 fully saturated rings. The largest absolute Gasteiger partial charge is 0.493 e. The smallest absolute Gasteiger partial charge is 0.119 e. The van der Waals surface area contributed by atoms with Crippen molar-refractivity contribution in [3.63, 3.8) is 0 Å². The lowest BCUT2D eigenvalue weighted by atomic mass is 9.73. The van der Waals surface area contributed by atoms with Crippen molar-refractivity contribution in [1.29, 1.82) is 0 Å². The molecule has 3 N–H and O–H groups in total. The topological polar surface area (TPSA) is 69.9 Å². The fourth-order valence-electron chi connectivity index (χ4n) is 4.67. The summed E-state index contributed by atoms with van der Waals surface area (Å²) in [4.78, 5) is 0. The summed E-state index contributed by atoms with van der Waals surface area (Å²) in [7, 11) is 0. The van der Waals surface area contributed by atoms with Crippen LogP contribution in [0.15, 0.2) is 59.7 Å². The van der Waals surface area contributed by atoms with Crippen LogP contribution in [0.25, 0.3) is 0 Å². The molecule has 0 spiro atoms. The van der Waals surface area contributed by atoms with E-state index in [2.05, 4.69) is 43.9 Å². The zero-order valence-corrected chi connectivity index (χ0v) is 19.2. The molecule has 3 rings (SSSR count). The van der Waals surface area contributed by atoms with E-state index in [9.17, 15) is 15.3 Å². The predicted octanol–water partition coefficient (Wildman–Crippen LogP) is 5.05. The zero-order valence-electron chi connectivity index (χ0n) is 19.2. The number of aliphatic hydroxyl groups excluding tert-OH is 2. The van der Waals surface area contributed by atoms with Gasteiger partial charge in [0, 0.05) is 12.8 Å². The second-order valence-electron chi connectivity index (χ2n) is 9.84. The molecule has 0 amide bonds. The lowest BCUT2D eigenvalue weighted by Crippen LogP contribution is -2.26. The predicted molar refractivity (Wildman–Crippen MR) is 125 cm³/mol. The second kappa shape index (κ2) is 10.2. The van der Waals surface area contributed by atoms with Gasteiger partial charge in [0.2, 0.25) is 0 Å². The summed E-state index contributed by atoms with van der Waals surface area (Å²) >= 11 is 0. The van der Waals surface area contributed by atoms with Crippen molar-refractivity contribution >= 4 is 0 Å². The molecule has 1 aromatic carbocycles. The summed E-state index contributed by atoms with van der Waals surface area (Å²) < 4.78 is 5.89. The van der Waals surface area contributed by atoms with Gasteiger partial charge < -0.3 is 20.1 Å². The molecule has 31 heavy (non-hydrogen) atoms.